The molecule has 0 heterocycles. The minimum atomic E-state index is -2.55. The van der Waals surface area contributed by atoms with Crippen LogP contribution in [0.15, 0.2) is 24.3 Å². The van der Waals surface area contributed by atoms with Gasteiger partial charge in [0.25, 0.3) is 6.43 Å². The number of benzene rings is 1. The number of hydrogen-bond acceptors (Lipinski definition) is 1. The Bertz CT molecular complexity index is 317. The zero-order valence-electron chi connectivity index (χ0n) is 6.43. The van der Waals surface area contributed by atoms with Crippen LogP contribution in [0.25, 0.3) is 0 Å². The Hall–Kier alpha value is -1.16. The fourth-order valence-corrected chi connectivity index (χ4v) is 0.975. The standard InChI is InChI=1S/C8H6ClF2NO/c9-8(13)12-6-3-1-2-5(4-6)7(10)11/h1-4,7H,(H,12,13). The summed E-state index contributed by atoms with van der Waals surface area (Å²) in [6, 6.07) is 5.34. The smallest absolute Gasteiger partial charge is 0.312 e. The Balaban J connectivity index is 2.85. The van der Waals surface area contributed by atoms with Gasteiger partial charge in [0.2, 0.25) is 0 Å². The molecule has 0 unspecified atom stereocenters. The van der Waals surface area contributed by atoms with Crippen LogP contribution in [0.1, 0.15) is 12.0 Å². The van der Waals surface area contributed by atoms with Crippen molar-refractivity contribution in [3.8, 4) is 0 Å². The zero-order valence-corrected chi connectivity index (χ0v) is 7.18. The number of alkyl halides is 2. The van der Waals surface area contributed by atoms with Gasteiger partial charge in [-0.2, -0.15) is 0 Å². The third kappa shape index (κ3) is 2.99. The second-order valence-electron chi connectivity index (χ2n) is 2.32. The number of hydrogen-bond donors (Lipinski definition) is 1. The summed E-state index contributed by atoms with van der Waals surface area (Å²) >= 11 is 5.01. The van der Waals surface area contributed by atoms with Gasteiger partial charge in [0.15, 0.2) is 0 Å². The molecule has 0 atom stereocenters. The van der Waals surface area contributed by atoms with Crippen molar-refractivity contribution < 1.29 is 13.6 Å². The van der Waals surface area contributed by atoms with Gasteiger partial charge in [0.1, 0.15) is 0 Å². The van der Waals surface area contributed by atoms with Gasteiger partial charge < -0.3 is 5.32 Å². The van der Waals surface area contributed by atoms with Gasteiger partial charge in [0.05, 0.1) is 0 Å². The van der Waals surface area contributed by atoms with Crippen molar-refractivity contribution in [1.82, 2.24) is 0 Å². The number of carbonyl (C=O) groups excluding carboxylic acids is 1. The number of rotatable bonds is 2. The lowest BCUT2D eigenvalue weighted by molar-refractivity contribution is 0.151. The zero-order chi connectivity index (χ0) is 9.84. The van der Waals surface area contributed by atoms with Crippen LogP contribution in [-0.2, 0) is 0 Å². The van der Waals surface area contributed by atoms with Crippen molar-refractivity contribution in [1.29, 1.82) is 0 Å². The number of nitrogens with one attached hydrogen (secondary N) is 1. The Kier molecular flexibility index (Phi) is 3.19. The van der Waals surface area contributed by atoms with E-state index in [9.17, 15) is 13.6 Å². The van der Waals surface area contributed by atoms with Crippen LogP contribution in [0.3, 0.4) is 0 Å². The number of amides is 1. The van der Waals surface area contributed by atoms with E-state index < -0.39 is 11.8 Å². The predicted molar refractivity (Wildman–Crippen MR) is 46.3 cm³/mol. The van der Waals surface area contributed by atoms with Gasteiger partial charge in [-0.15, -0.1) is 0 Å². The topological polar surface area (TPSA) is 29.1 Å². The second-order valence-corrected chi connectivity index (χ2v) is 2.67. The van der Waals surface area contributed by atoms with Crippen LogP contribution in [-0.4, -0.2) is 5.37 Å². The largest absolute Gasteiger partial charge is 0.318 e. The molecule has 0 aromatic heterocycles. The van der Waals surface area contributed by atoms with Crippen molar-refractivity contribution in [3.63, 3.8) is 0 Å². The molecule has 0 saturated heterocycles. The van der Waals surface area contributed by atoms with Gasteiger partial charge in [-0.1, -0.05) is 12.1 Å². The molecular formula is C8H6ClF2NO. The van der Waals surface area contributed by atoms with Gasteiger partial charge in [-0.05, 0) is 23.7 Å². The number of anilines is 1. The number of halogens is 3. The summed E-state index contributed by atoms with van der Waals surface area (Å²) in [6.45, 7) is 0. The molecule has 0 aliphatic rings. The summed E-state index contributed by atoms with van der Waals surface area (Å²) in [5, 5.41) is 1.39. The van der Waals surface area contributed by atoms with Gasteiger partial charge in [0, 0.05) is 11.3 Å². The first-order valence-corrected chi connectivity index (χ1v) is 3.82. The fraction of sp³-hybridized carbons (Fsp3) is 0.125. The van der Waals surface area contributed by atoms with Crippen LogP contribution >= 0.6 is 11.6 Å². The van der Waals surface area contributed by atoms with E-state index in [-0.39, 0.29) is 11.3 Å². The first kappa shape index (κ1) is 9.92. The first-order valence-electron chi connectivity index (χ1n) is 3.44. The quantitative estimate of drug-likeness (QED) is 0.582. The maximum absolute atomic E-state index is 12.1. The molecular weight excluding hydrogens is 200 g/mol. The lowest BCUT2D eigenvalue weighted by Crippen LogP contribution is -2.01. The highest BCUT2D eigenvalue weighted by molar-refractivity contribution is 6.65. The molecule has 1 aromatic carbocycles. The summed E-state index contributed by atoms with van der Waals surface area (Å²) in [7, 11) is 0. The lowest BCUT2D eigenvalue weighted by Gasteiger charge is -2.03. The average Bonchev–Trinajstić information content (AvgIpc) is 2.03. The average molecular weight is 206 g/mol. The third-order valence-electron chi connectivity index (χ3n) is 1.38. The van der Waals surface area contributed by atoms with E-state index in [2.05, 4.69) is 5.32 Å². The van der Waals surface area contributed by atoms with Crippen molar-refractivity contribution in [2.24, 2.45) is 0 Å². The van der Waals surface area contributed by atoms with E-state index in [1.165, 1.54) is 24.3 Å². The predicted octanol–water partition coefficient (Wildman–Crippen LogP) is 3.39. The molecule has 0 aliphatic heterocycles. The Labute approximate surface area is 78.5 Å². The fourth-order valence-electron chi connectivity index (χ4n) is 0.866. The highest BCUT2D eigenvalue weighted by atomic mass is 35.5. The van der Waals surface area contributed by atoms with E-state index in [1.54, 1.807) is 0 Å². The molecule has 0 saturated carbocycles. The summed E-state index contributed by atoms with van der Waals surface area (Å²) in [6.07, 6.45) is -2.55. The SMILES string of the molecule is O=C(Cl)Nc1cccc(C(F)F)c1. The van der Waals surface area contributed by atoms with E-state index >= 15 is 0 Å². The molecule has 70 valence electrons. The second kappa shape index (κ2) is 4.18. The van der Waals surface area contributed by atoms with Gasteiger partial charge >= 0.3 is 5.37 Å². The minimum absolute atomic E-state index is 0.150. The Morgan fingerprint density at radius 3 is 2.69 bits per heavy atom. The molecule has 2 nitrogen and oxygen atoms in total. The van der Waals surface area contributed by atoms with Crippen molar-refractivity contribution in [2.75, 3.05) is 5.32 Å². The van der Waals surface area contributed by atoms with Crippen LogP contribution in [0.2, 0.25) is 0 Å². The Morgan fingerprint density at radius 1 is 1.46 bits per heavy atom. The molecule has 0 radical (unpaired) electrons. The highest BCUT2D eigenvalue weighted by Gasteiger charge is 2.07. The Morgan fingerprint density at radius 2 is 2.15 bits per heavy atom. The maximum atomic E-state index is 12.1. The van der Waals surface area contributed by atoms with Crippen molar-refractivity contribution in [2.45, 2.75) is 6.43 Å². The normalized spacial score (nSPS) is 10.2. The van der Waals surface area contributed by atoms with E-state index in [0.717, 1.165) is 0 Å². The summed E-state index contributed by atoms with van der Waals surface area (Å²) in [5.41, 5.74) is 0.112. The van der Waals surface area contributed by atoms with Crippen molar-refractivity contribution >= 4 is 22.7 Å². The molecule has 1 amide bonds. The maximum Gasteiger partial charge on any atom is 0.318 e. The molecule has 5 heteroatoms. The summed E-state index contributed by atoms with van der Waals surface area (Å²) < 4.78 is 24.3. The molecule has 0 fully saturated rings. The van der Waals surface area contributed by atoms with E-state index in [4.69, 9.17) is 11.6 Å². The molecule has 0 bridgehead atoms. The van der Waals surface area contributed by atoms with Gasteiger partial charge in [-0.3, -0.25) is 4.79 Å². The molecule has 1 N–H and O–H groups in total. The van der Waals surface area contributed by atoms with E-state index in [0.29, 0.717) is 0 Å². The summed E-state index contributed by atoms with van der Waals surface area (Å²) in [5.74, 6) is 0. The molecule has 0 spiro atoms. The third-order valence-corrected chi connectivity index (χ3v) is 1.48. The molecule has 1 aromatic rings. The van der Waals surface area contributed by atoms with Crippen LogP contribution in [0.4, 0.5) is 19.3 Å². The molecule has 0 aliphatic carbocycles. The monoisotopic (exact) mass is 205 g/mol. The van der Waals surface area contributed by atoms with Gasteiger partial charge in [-0.25, -0.2) is 8.78 Å². The lowest BCUT2D eigenvalue weighted by atomic mass is 10.2. The number of carbonyl (C=O) groups is 1. The summed E-state index contributed by atoms with van der Waals surface area (Å²) in [4.78, 5) is 10.4. The highest BCUT2D eigenvalue weighted by Crippen LogP contribution is 2.21. The van der Waals surface area contributed by atoms with Crippen LogP contribution < -0.4 is 5.32 Å². The minimum Gasteiger partial charge on any atom is -0.312 e. The first-order chi connectivity index (χ1) is 6.09. The van der Waals surface area contributed by atoms with Crippen LogP contribution in [0.5, 0.6) is 0 Å². The van der Waals surface area contributed by atoms with Crippen molar-refractivity contribution in [3.05, 3.63) is 29.8 Å². The molecule has 13 heavy (non-hydrogen) atoms. The van der Waals surface area contributed by atoms with Crippen LogP contribution in [0, 0.1) is 0 Å². The van der Waals surface area contributed by atoms with E-state index in [1.807, 2.05) is 0 Å². The molecule has 1 rings (SSSR count).